The molecule has 0 bridgehead atoms. The standard InChI is InChI=1S/C17H17BrN2O5/c1-23-11-4-5-13(15(8-11)25-3)17(22)20-19-9-10-6-12(24-2)7-14(18)16(10)21/h4-9,21H,1-3H3,(H,20,22)/b19-9+. The maximum absolute atomic E-state index is 12.2. The number of benzene rings is 2. The Morgan fingerprint density at radius 3 is 2.48 bits per heavy atom. The number of phenolic OH excluding ortho intramolecular Hbond substituents is 1. The zero-order chi connectivity index (χ0) is 18.4. The fourth-order valence-corrected chi connectivity index (χ4v) is 2.47. The number of halogens is 1. The lowest BCUT2D eigenvalue weighted by Crippen LogP contribution is -2.18. The van der Waals surface area contributed by atoms with Crippen LogP contribution < -0.4 is 19.6 Å². The summed E-state index contributed by atoms with van der Waals surface area (Å²) in [5.74, 6) is 0.995. The summed E-state index contributed by atoms with van der Waals surface area (Å²) in [5.41, 5.74) is 3.07. The SMILES string of the molecule is COc1cc(Br)c(O)c(/C=N/NC(=O)c2ccc(OC)cc2OC)c1. The van der Waals surface area contributed by atoms with Crippen molar-refractivity contribution in [3.05, 3.63) is 45.9 Å². The fraction of sp³-hybridized carbons (Fsp3) is 0.176. The number of methoxy groups -OCH3 is 3. The zero-order valence-corrected chi connectivity index (χ0v) is 15.5. The average Bonchev–Trinajstić information content (AvgIpc) is 2.64. The van der Waals surface area contributed by atoms with Gasteiger partial charge in [0.2, 0.25) is 0 Å². The second-order valence-corrected chi connectivity index (χ2v) is 5.67. The Kier molecular flexibility index (Phi) is 6.24. The molecule has 0 aliphatic rings. The van der Waals surface area contributed by atoms with Crippen molar-refractivity contribution in [2.75, 3.05) is 21.3 Å². The molecule has 0 fully saturated rings. The molecule has 132 valence electrons. The number of nitrogens with zero attached hydrogens (tertiary/aromatic N) is 1. The molecule has 2 aromatic carbocycles. The lowest BCUT2D eigenvalue weighted by molar-refractivity contribution is 0.0952. The van der Waals surface area contributed by atoms with E-state index >= 15 is 0 Å². The summed E-state index contributed by atoms with van der Waals surface area (Å²) < 4.78 is 15.9. The van der Waals surface area contributed by atoms with Crippen molar-refractivity contribution in [2.24, 2.45) is 5.10 Å². The lowest BCUT2D eigenvalue weighted by Gasteiger charge is -2.09. The Labute approximate surface area is 153 Å². The Bertz CT molecular complexity index is 808. The molecule has 0 saturated carbocycles. The minimum atomic E-state index is -0.461. The normalized spacial score (nSPS) is 10.6. The van der Waals surface area contributed by atoms with E-state index in [1.54, 1.807) is 30.3 Å². The van der Waals surface area contributed by atoms with E-state index in [0.717, 1.165) is 0 Å². The molecular formula is C17H17BrN2O5. The fourth-order valence-electron chi connectivity index (χ4n) is 2.02. The van der Waals surface area contributed by atoms with E-state index in [1.165, 1.54) is 27.5 Å². The number of phenols is 1. The molecule has 0 radical (unpaired) electrons. The molecule has 2 N–H and O–H groups in total. The number of aromatic hydroxyl groups is 1. The van der Waals surface area contributed by atoms with Crippen LogP contribution in [0.5, 0.6) is 23.0 Å². The smallest absolute Gasteiger partial charge is 0.275 e. The highest BCUT2D eigenvalue weighted by Crippen LogP contribution is 2.31. The second kappa shape index (κ2) is 8.39. The van der Waals surface area contributed by atoms with Crippen LogP contribution in [-0.4, -0.2) is 38.6 Å². The molecule has 0 heterocycles. The molecule has 0 aliphatic heterocycles. The Morgan fingerprint density at radius 1 is 1.12 bits per heavy atom. The highest BCUT2D eigenvalue weighted by Gasteiger charge is 2.13. The van der Waals surface area contributed by atoms with Gasteiger partial charge in [-0.25, -0.2) is 5.43 Å². The van der Waals surface area contributed by atoms with Gasteiger partial charge in [-0.2, -0.15) is 5.10 Å². The predicted molar refractivity (Wildman–Crippen MR) is 97.0 cm³/mol. The Balaban J connectivity index is 2.17. The van der Waals surface area contributed by atoms with Gasteiger partial charge in [-0.15, -0.1) is 0 Å². The largest absolute Gasteiger partial charge is 0.506 e. The van der Waals surface area contributed by atoms with Crippen LogP contribution in [0.25, 0.3) is 0 Å². The molecule has 7 nitrogen and oxygen atoms in total. The van der Waals surface area contributed by atoms with Gasteiger partial charge < -0.3 is 19.3 Å². The molecule has 0 atom stereocenters. The first-order valence-corrected chi connectivity index (χ1v) is 7.91. The van der Waals surface area contributed by atoms with Gasteiger partial charge in [-0.3, -0.25) is 4.79 Å². The number of hydrazone groups is 1. The summed E-state index contributed by atoms with van der Waals surface area (Å²) in [4.78, 5) is 12.2. The third-order valence-corrected chi connectivity index (χ3v) is 3.93. The van der Waals surface area contributed by atoms with Gasteiger partial charge in [0.25, 0.3) is 5.91 Å². The van der Waals surface area contributed by atoms with Crippen molar-refractivity contribution in [2.45, 2.75) is 0 Å². The number of hydrogen-bond acceptors (Lipinski definition) is 6. The molecule has 2 aromatic rings. The summed E-state index contributed by atoms with van der Waals surface area (Å²) >= 11 is 3.22. The highest BCUT2D eigenvalue weighted by molar-refractivity contribution is 9.10. The summed E-state index contributed by atoms with van der Waals surface area (Å²) in [6.45, 7) is 0. The van der Waals surface area contributed by atoms with E-state index < -0.39 is 5.91 Å². The minimum Gasteiger partial charge on any atom is -0.506 e. The van der Waals surface area contributed by atoms with Crippen molar-refractivity contribution in [1.82, 2.24) is 5.43 Å². The van der Waals surface area contributed by atoms with E-state index in [0.29, 0.717) is 32.8 Å². The number of ether oxygens (including phenoxy) is 3. The van der Waals surface area contributed by atoms with Crippen LogP contribution in [0.2, 0.25) is 0 Å². The number of amides is 1. The Hall–Kier alpha value is -2.74. The molecule has 25 heavy (non-hydrogen) atoms. The molecule has 0 saturated heterocycles. The molecule has 1 amide bonds. The quantitative estimate of drug-likeness (QED) is 0.566. The van der Waals surface area contributed by atoms with E-state index in [-0.39, 0.29) is 5.75 Å². The molecule has 0 unspecified atom stereocenters. The van der Waals surface area contributed by atoms with Gasteiger partial charge in [-0.1, -0.05) is 0 Å². The minimum absolute atomic E-state index is 0.0131. The van der Waals surface area contributed by atoms with Crippen LogP contribution >= 0.6 is 15.9 Å². The van der Waals surface area contributed by atoms with Crippen molar-refractivity contribution >= 4 is 28.1 Å². The van der Waals surface area contributed by atoms with Gasteiger partial charge in [0.1, 0.15) is 23.0 Å². The molecule has 2 rings (SSSR count). The van der Waals surface area contributed by atoms with Crippen LogP contribution in [0.15, 0.2) is 39.9 Å². The maximum atomic E-state index is 12.2. The molecule has 0 spiro atoms. The van der Waals surface area contributed by atoms with E-state index in [4.69, 9.17) is 14.2 Å². The summed E-state index contributed by atoms with van der Waals surface area (Å²) in [7, 11) is 4.50. The molecule has 0 aromatic heterocycles. The van der Waals surface area contributed by atoms with Gasteiger partial charge in [0, 0.05) is 11.6 Å². The van der Waals surface area contributed by atoms with Crippen LogP contribution in [0.3, 0.4) is 0 Å². The van der Waals surface area contributed by atoms with Crippen LogP contribution in [0.4, 0.5) is 0 Å². The number of carbonyl (C=O) groups excluding carboxylic acids is 1. The number of nitrogens with one attached hydrogen (secondary N) is 1. The Morgan fingerprint density at radius 2 is 1.84 bits per heavy atom. The number of hydrogen-bond donors (Lipinski definition) is 2. The first kappa shape index (κ1) is 18.6. The third kappa shape index (κ3) is 4.42. The van der Waals surface area contributed by atoms with E-state index in [2.05, 4.69) is 26.5 Å². The summed E-state index contributed by atoms with van der Waals surface area (Å²) in [5, 5.41) is 13.9. The van der Waals surface area contributed by atoms with Crippen LogP contribution in [0.1, 0.15) is 15.9 Å². The highest BCUT2D eigenvalue weighted by atomic mass is 79.9. The second-order valence-electron chi connectivity index (χ2n) is 4.81. The van der Waals surface area contributed by atoms with Crippen LogP contribution in [0, 0.1) is 0 Å². The third-order valence-electron chi connectivity index (χ3n) is 3.33. The van der Waals surface area contributed by atoms with Crippen molar-refractivity contribution in [3.63, 3.8) is 0 Å². The average molecular weight is 409 g/mol. The lowest BCUT2D eigenvalue weighted by atomic mass is 10.2. The van der Waals surface area contributed by atoms with Gasteiger partial charge in [-0.05, 0) is 40.2 Å². The van der Waals surface area contributed by atoms with E-state index in [9.17, 15) is 9.90 Å². The maximum Gasteiger partial charge on any atom is 0.275 e. The van der Waals surface area contributed by atoms with Crippen LogP contribution in [-0.2, 0) is 0 Å². The monoisotopic (exact) mass is 408 g/mol. The first-order chi connectivity index (χ1) is 12.0. The zero-order valence-electron chi connectivity index (χ0n) is 13.9. The first-order valence-electron chi connectivity index (χ1n) is 7.12. The predicted octanol–water partition coefficient (Wildman–Crippen LogP) is 2.94. The van der Waals surface area contributed by atoms with Gasteiger partial charge in [0.05, 0.1) is 37.6 Å². The van der Waals surface area contributed by atoms with Crippen molar-refractivity contribution in [1.29, 1.82) is 0 Å². The van der Waals surface area contributed by atoms with Crippen molar-refractivity contribution in [3.8, 4) is 23.0 Å². The van der Waals surface area contributed by atoms with Gasteiger partial charge in [0.15, 0.2) is 0 Å². The summed E-state index contributed by atoms with van der Waals surface area (Å²) in [6.07, 6.45) is 1.32. The molecule has 0 aliphatic carbocycles. The molecular weight excluding hydrogens is 392 g/mol. The van der Waals surface area contributed by atoms with Gasteiger partial charge >= 0.3 is 0 Å². The number of rotatable bonds is 6. The number of carbonyl (C=O) groups is 1. The van der Waals surface area contributed by atoms with E-state index in [1.807, 2.05) is 0 Å². The summed E-state index contributed by atoms with van der Waals surface area (Å²) in [6, 6.07) is 8.02. The van der Waals surface area contributed by atoms with Crippen molar-refractivity contribution < 1.29 is 24.1 Å². The molecule has 8 heteroatoms. The topological polar surface area (TPSA) is 89.4 Å².